The van der Waals surface area contributed by atoms with Crippen LogP contribution in [0.1, 0.15) is 35.1 Å². The maximum atomic E-state index is 13.0. The number of para-hydroxylation sites is 2. The first-order valence-electron chi connectivity index (χ1n) is 10.2. The highest BCUT2D eigenvalue weighted by Crippen LogP contribution is 2.27. The van der Waals surface area contributed by atoms with Gasteiger partial charge in [-0.1, -0.05) is 36.4 Å². The van der Waals surface area contributed by atoms with Crippen molar-refractivity contribution in [1.29, 1.82) is 0 Å². The monoisotopic (exact) mass is 417 g/mol. The Labute approximate surface area is 179 Å². The van der Waals surface area contributed by atoms with E-state index in [0.29, 0.717) is 17.9 Å². The molecule has 1 unspecified atom stereocenters. The zero-order valence-electron chi connectivity index (χ0n) is 17.4. The van der Waals surface area contributed by atoms with Crippen molar-refractivity contribution in [2.75, 3.05) is 11.4 Å². The highest BCUT2D eigenvalue weighted by Gasteiger charge is 2.29. The van der Waals surface area contributed by atoms with Crippen molar-refractivity contribution in [3.63, 3.8) is 0 Å². The van der Waals surface area contributed by atoms with Crippen molar-refractivity contribution in [2.45, 2.75) is 32.8 Å². The molecule has 1 aliphatic heterocycles. The number of nitrogens with zero attached hydrogens (tertiary/aromatic N) is 3. The van der Waals surface area contributed by atoms with Crippen LogP contribution in [0.5, 0.6) is 0 Å². The third-order valence-corrected chi connectivity index (χ3v) is 5.31. The van der Waals surface area contributed by atoms with Crippen molar-refractivity contribution >= 4 is 17.6 Å². The molecule has 31 heavy (non-hydrogen) atoms. The zero-order chi connectivity index (χ0) is 22.0. The number of benzene rings is 2. The van der Waals surface area contributed by atoms with E-state index in [4.69, 9.17) is 4.74 Å². The minimum absolute atomic E-state index is 0.323. The summed E-state index contributed by atoms with van der Waals surface area (Å²) in [4.78, 5) is 39.8. The molecule has 0 bridgehead atoms. The van der Waals surface area contributed by atoms with Crippen LogP contribution in [0.25, 0.3) is 5.69 Å². The van der Waals surface area contributed by atoms with Gasteiger partial charge in [-0.05, 0) is 50.5 Å². The van der Waals surface area contributed by atoms with E-state index < -0.39 is 17.5 Å². The molecule has 0 aliphatic carbocycles. The lowest BCUT2D eigenvalue weighted by Gasteiger charge is -2.31. The number of esters is 1. The molecule has 7 nitrogen and oxygen atoms in total. The molecule has 1 atom stereocenters. The van der Waals surface area contributed by atoms with Gasteiger partial charge in [0.1, 0.15) is 0 Å². The average molecular weight is 417 g/mol. The predicted octanol–water partition coefficient (Wildman–Crippen LogP) is 3.07. The smallest absolute Gasteiger partial charge is 0.363 e. The standard InChI is InChI=1S/C24H23N3O4/c1-16-15-21(28)22(25-27(16)19-11-4-3-5-12-19)24(30)31-17(2)23(29)26-14-8-10-18-9-6-7-13-20(18)26/h3-7,9,11-13,15,17H,8,10,14H2,1-2H3. The maximum absolute atomic E-state index is 13.0. The van der Waals surface area contributed by atoms with E-state index in [1.165, 1.54) is 17.7 Å². The summed E-state index contributed by atoms with van der Waals surface area (Å²) in [7, 11) is 0. The Hall–Kier alpha value is -3.74. The molecule has 1 aliphatic rings. The molecule has 0 saturated carbocycles. The summed E-state index contributed by atoms with van der Waals surface area (Å²) < 4.78 is 6.88. The third-order valence-electron chi connectivity index (χ3n) is 5.31. The summed E-state index contributed by atoms with van der Waals surface area (Å²) in [6, 6.07) is 18.2. The van der Waals surface area contributed by atoms with E-state index in [-0.39, 0.29) is 11.6 Å². The second-order valence-electron chi connectivity index (χ2n) is 7.52. The number of amides is 1. The SMILES string of the molecule is Cc1cc(=O)c(C(=O)OC(C)C(=O)N2CCCc3ccccc32)nn1-c1ccccc1. The van der Waals surface area contributed by atoms with Gasteiger partial charge in [0.05, 0.1) is 5.69 Å². The normalized spacial score (nSPS) is 13.9. The van der Waals surface area contributed by atoms with E-state index >= 15 is 0 Å². The van der Waals surface area contributed by atoms with Crippen LogP contribution < -0.4 is 10.3 Å². The zero-order valence-corrected chi connectivity index (χ0v) is 17.4. The molecular weight excluding hydrogens is 394 g/mol. The first-order chi connectivity index (χ1) is 15.0. The van der Waals surface area contributed by atoms with Gasteiger partial charge in [0.2, 0.25) is 11.1 Å². The summed E-state index contributed by atoms with van der Waals surface area (Å²) in [5.41, 5.74) is 2.32. The molecule has 7 heteroatoms. The minimum Gasteiger partial charge on any atom is -0.448 e. The van der Waals surface area contributed by atoms with E-state index in [1.54, 1.807) is 11.8 Å². The summed E-state index contributed by atoms with van der Waals surface area (Å²) in [6.45, 7) is 3.80. The quantitative estimate of drug-likeness (QED) is 0.610. The number of hydrogen-bond donors (Lipinski definition) is 0. The molecule has 0 fully saturated rings. The highest BCUT2D eigenvalue weighted by atomic mass is 16.5. The molecule has 0 spiro atoms. The Kier molecular flexibility index (Phi) is 5.66. The van der Waals surface area contributed by atoms with Crippen molar-refractivity contribution < 1.29 is 14.3 Å². The van der Waals surface area contributed by atoms with Gasteiger partial charge in [-0.3, -0.25) is 9.59 Å². The average Bonchev–Trinajstić information content (AvgIpc) is 2.78. The van der Waals surface area contributed by atoms with Crippen molar-refractivity contribution in [3.05, 3.63) is 87.8 Å². The van der Waals surface area contributed by atoms with Crippen LogP contribution in [0.2, 0.25) is 0 Å². The number of carbonyl (C=O) groups is 2. The molecule has 2 heterocycles. The molecule has 158 valence electrons. The van der Waals surface area contributed by atoms with Crippen LogP contribution in [0.4, 0.5) is 5.69 Å². The molecular formula is C24H23N3O4. The predicted molar refractivity (Wildman–Crippen MR) is 117 cm³/mol. The lowest BCUT2D eigenvalue weighted by atomic mass is 10.0. The number of fused-ring (bicyclic) bond motifs is 1. The first kappa shape index (κ1) is 20.5. The Morgan fingerprint density at radius 2 is 1.77 bits per heavy atom. The largest absolute Gasteiger partial charge is 0.448 e. The Balaban J connectivity index is 1.56. The molecule has 2 aromatic carbocycles. The fraction of sp³-hybridized carbons (Fsp3) is 0.250. The first-order valence-corrected chi connectivity index (χ1v) is 10.2. The van der Waals surface area contributed by atoms with Gasteiger partial charge in [-0.25, -0.2) is 9.48 Å². The summed E-state index contributed by atoms with van der Waals surface area (Å²) in [5, 5.41) is 4.21. The number of aromatic nitrogens is 2. The van der Waals surface area contributed by atoms with Gasteiger partial charge in [-0.15, -0.1) is 0 Å². The maximum Gasteiger partial charge on any atom is 0.363 e. The van der Waals surface area contributed by atoms with Gasteiger partial charge in [0.25, 0.3) is 5.91 Å². The van der Waals surface area contributed by atoms with E-state index in [2.05, 4.69) is 5.10 Å². The Morgan fingerprint density at radius 1 is 1.06 bits per heavy atom. The Bertz CT molecular complexity index is 1190. The van der Waals surface area contributed by atoms with Crippen LogP contribution in [-0.4, -0.2) is 34.3 Å². The second kappa shape index (κ2) is 8.55. The van der Waals surface area contributed by atoms with Gasteiger partial charge in [0.15, 0.2) is 6.10 Å². The molecule has 0 radical (unpaired) electrons. The van der Waals surface area contributed by atoms with Crippen LogP contribution in [-0.2, 0) is 16.0 Å². The van der Waals surface area contributed by atoms with Gasteiger partial charge < -0.3 is 9.64 Å². The fourth-order valence-electron chi connectivity index (χ4n) is 3.77. The molecule has 0 saturated heterocycles. The van der Waals surface area contributed by atoms with Gasteiger partial charge in [-0.2, -0.15) is 5.10 Å². The van der Waals surface area contributed by atoms with Crippen LogP contribution in [0.3, 0.4) is 0 Å². The highest BCUT2D eigenvalue weighted by molar-refractivity contribution is 5.99. The van der Waals surface area contributed by atoms with Crippen LogP contribution >= 0.6 is 0 Å². The third kappa shape index (κ3) is 4.12. The van der Waals surface area contributed by atoms with Crippen LogP contribution in [0.15, 0.2) is 65.5 Å². The number of rotatable bonds is 4. The number of aryl methyl sites for hydroxylation is 2. The van der Waals surface area contributed by atoms with Crippen molar-refractivity contribution in [1.82, 2.24) is 9.78 Å². The molecule has 1 amide bonds. The van der Waals surface area contributed by atoms with E-state index in [0.717, 1.165) is 24.1 Å². The summed E-state index contributed by atoms with van der Waals surface area (Å²) in [6.07, 6.45) is 0.692. The number of hydrogen-bond acceptors (Lipinski definition) is 5. The molecule has 4 rings (SSSR count). The Morgan fingerprint density at radius 3 is 2.55 bits per heavy atom. The molecule has 3 aromatic rings. The molecule has 0 N–H and O–H groups in total. The van der Waals surface area contributed by atoms with Gasteiger partial charge in [0, 0.05) is 24.0 Å². The topological polar surface area (TPSA) is 81.5 Å². The number of ether oxygens (including phenoxy) is 1. The second-order valence-corrected chi connectivity index (χ2v) is 7.52. The van der Waals surface area contributed by atoms with Crippen molar-refractivity contribution in [2.24, 2.45) is 0 Å². The number of anilines is 1. The van der Waals surface area contributed by atoms with Crippen LogP contribution in [0, 0.1) is 6.92 Å². The van der Waals surface area contributed by atoms with Crippen molar-refractivity contribution in [3.8, 4) is 5.69 Å². The van der Waals surface area contributed by atoms with Gasteiger partial charge >= 0.3 is 5.97 Å². The minimum atomic E-state index is -1.05. The summed E-state index contributed by atoms with van der Waals surface area (Å²) >= 11 is 0. The lowest BCUT2D eigenvalue weighted by molar-refractivity contribution is -0.126. The summed E-state index contributed by atoms with van der Waals surface area (Å²) in [5.74, 6) is -1.24. The number of carbonyl (C=O) groups excluding carboxylic acids is 2. The fourth-order valence-corrected chi connectivity index (χ4v) is 3.77. The van der Waals surface area contributed by atoms with E-state index in [9.17, 15) is 14.4 Å². The lowest BCUT2D eigenvalue weighted by Crippen LogP contribution is -2.43. The molecule has 1 aromatic heterocycles. The van der Waals surface area contributed by atoms with E-state index in [1.807, 2.05) is 54.6 Å².